The maximum atomic E-state index is 15.0. The number of fused-ring (bicyclic) bond motifs is 1. The molecule has 3 aliphatic rings. The van der Waals surface area contributed by atoms with E-state index >= 15 is 4.39 Å². The number of nitrogens with zero attached hydrogens (tertiary/aromatic N) is 5. The number of methoxy groups -OCH3 is 1. The Morgan fingerprint density at radius 2 is 2.21 bits per heavy atom. The number of halogens is 1. The first-order valence-corrected chi connectivity index (χ1v) is 13.5. The number of benzene rings is 1. The highest BCUT2D eigenvalue weighted by molar-refractivity contribution is 5.93. The summed E-state index contributed by atoms with van der Waals surface area (Å²) in [7, 11) is 1.32. The van der Waals surface area contributed by atoms with Crippen LogP contribution in [0, 0.1) is 22.7 Å². The van der Waals surface area contributed by atoms with Gasteiger partial charge in [0.05, 0.1) is 44.4 Å². The van der Waals surface area contributed by atoms with Gasteiger partial charge in [-0.2, -0.15) is 5.53 Å². The number of rotatable bonds is 12. The number of ether oxygens (including phenoxy) is 2. The Hall–Kier alpha value is -4.60. The lowest BCUT2D eigenvalue weighted by atomic mass is 9.93. The van der Waals surface area contributed by atoms with Gasteiger partial charge >= 0.3 is 0 Å². The van der Waals surface area contributed by atoms with Crippen LogP contribution in [0.2, 0.25) is 0 Å². The number of aromatic nitrogens is 2. The molecule has 6 rings (SSSR count). The predicted octanol–water partition coefficient (Wildman–Crippen LogP) is 2.38. The minimum Gasteiger partial charge on any atom is -0.494 e. The number of pyridine rings is 1. The van der Waals surface area contributed by atoms with E-state index in [-0.39, 0.29) is 35.2 Å². The fourth-order valence-electron chi connectivity index (χ4n) is 5.10. The Labute approximate surface area is 240 Å². The van der Waals surface area contributed by atoms with E-state index in [1.807, 2.05) is 10.6 Å². The summed E-state index contributed by atoms with van der Waals surface area (Å²) in [6.45, 7) is 1.13. The van der Waals surface area contributed by atoms with E-state index in [9.17, 15) is 9.90 Å². The van der Waals surface area contributed by atoms with E-state index in [1.54, 1.807) is 11.2 Å². The van der Waals surface area contributed by atoms with Gasteiger partial charge in [0.1, 0.15) is 17.7 Å². The summed E-state index contributed by atoms with van der Waals surface area (Å²) >= 11 is 0. The van der Waals surface area contributed by atoms with E-state index in [1.165, 1.54) is 24.8 Å². The van der Waals surface area contributed by atoms with E-state index in [0.29, 0.717) is 31.3 Å². The lowest BCUT2D eigenvalue weighted by Crippen LogP contribution is -2.38. The van der Waals surface area contributed by atoms with Crippen LogP contribution in [-0.2, 0) is 22.6 Å². The molecule has 1 aliphatic carbocycles. The van der Waals surface area contributed by atoms with Crippen LogP contribution in [0.25, 0.3) is 5.65 Å². The van der Waals surface area contributed by atoms with E-state index in [2.05, 4.69) is 33.8 Å². The second-order valence-corrected chi connectivity index (χ2v) is 10.5. The van der Waals surface area contributed by atoms with Crippen molar-refractivity contribution in [1.29, 1.82) is 10.9 Å². The van der Waals surface area contributed by atoms with Crippen LogP contribution < -0.4 is 26.0 Å². The van der Waals surface area contributed by atoms with E-state index in [0.717, 1.165) is 35.4 Å². The molecule has 1 aromatic carbocycles. The van der Waals surface area contributed by atoms with Crippen molar-refractivity contribution in [2.24, 2.45) is 11.1 Å². The van der Waals surface area contributed by atoms with E-state index in [4.69, 9.17) is 25.4 Å². The monoisotopic (exact) mass is 578 g/mol. The minimum atomic E-state index is -0.732. The Balaban J connectivity index is 1.16. The van der Waals surface area contributed by atoms with Gasteiger partial charge in [0.25, 0.3) is 5.91 Å². The third-order valence-electron chi connectivity index (χ3n) is 7.63. The molecule has 0 radical (unpaired) electrons. The SMILES string of the molecule is COc1ccc(N(C=N)N=N)c(CNC(=O)C2=CN(Cc3cn4cc(C5CC5)cc(C(O)C5COC5)c4n3)NN2)c1F. The number of nitrogens with one attached hydrogen (secondary N) is 5. The van der Waals surface area contributed by atoms with Gasteiger partial charge in [-0.05, 0) is 42.5 Å². The largest absolute Gasteiger partial charge is 0.494 e. The van der Waals surface area contributed by atoms with Crippen LogP contribution in [0.5, 0.6) is 5.75 Å². The maximum Gasteiger partial charge on any atom is 0.270 e. The van der Waals surface area contributed by atoms with Gasteiger partial charge in [0.2, 0.25) is 0 Å². The first-order chi connectivity index (χ1) is 20.4. The molecule has 42 heavy (non-hydrogen) atoms. The van der Waals surface area contributed by atoms with Crippen LogP contribution in [-0.4, -0.2) is 52.1 Å². The number of amides is 1. The van der Waals surface area contributed by atoms with Gasteiger partial charge in [-0.25, -0.2) is 14.4 Å². The molecular formula is C27H31FN10O4. The molecule has 2 fully saturated rings. The number of hydrazine groups is 2. The first kappa shape index (κ1) is 27.6. The van der Waals surface area contributed by atoms with Crippen molar-refractivity contribution >= 4 is 23.6 Å². The number of imidazole rings is 1. The second-order valence-electron chi connectivity index (χ2n) is 10.5. The zero-order chi connectivity index (χ0) is 29.4. The van der Waals surface area contributed by atoms with Crippen molar-refractivity contribution in [2.45, 2.75) is 38.0 Å². The van der Waals surface area contributed by atoms with Crippen LogP contribution in [0.3, 0.4) is 0 Å². The van der Waals surface area contributed by atoms with E-state index < -0.39 is 17.8 Å². The van der Waals surface area contributed by atoms with Gasteiger partial charge in [-0.3, -0.25) is 20.6 Å². The van der Waals surface area contributed by atoms with Gasteiger partial charge in [0.15, 0.2) is 11.6 Å². The smallest absolute Gasteiger partial charge is 0.270 e. The summed E-state index contributed by atoms with van der Waals surface area (Å²) in [5.74, 6) is -0.733. The molecule has 2 aliphatic heterocycles. The van der Waals surface area contributed by atoms with Crippen molar-refractivity contribution in [3.05, 3.63) is 70.7 Å². The Morgan fingerprint density at radius 1 is 1.40 bits per heavy atom. The summed E-state index contributed by atoms with van der Waals surface area (Å²) in [5, 5.41) is 26.9. The Morgan fingerprint density at radius 3 is 2.88 bits per heavy atom. The average molecular weight is 579 g/mol. The molecule has 15 heteroatoms. The van der Waals surface area contributed by atoms with Gasteiger partial charge < -0.3 is 24.3 Å². The lowest BCUT2D eigenvalue weighted by Gasteiger charge is -2.31. The normalized spacial score (nSPS) is 17.3. The fraction of sp³-hybridized carbons (Fsp3) is 0.370. The zero-order valence-electron chi connectivity index (χ0n) is 22.8. The number of hydrogen-bond acceptors (Lipinski definition) is 11. The molecule has 3 aromatic rings. The van der Waals surface area contributed by atoms with Crippen LogP contribution in [0.4, 0.5) is 10.1 Å². The second kappa shape index (κ2) is 11.3. The molecular weight excluding hydrogens is 547 g/mol. The Bertz CT molecular complexity index is 1560. The molecule has 14 nitrogen and oxygen atoms in total. The first-order valence-electron chi connectivity index (χ1n) is 13.5. The fourth-order valence-corrected chi connectivity index (χ4v) is 5.10. The van der Waals surface area contributed by atoms with Crippen LogP contribution in [0.15, 0.2) is 47.7 Å². The van der Waals surface area contributed by atoms with Gasteiger partial charge in [0, 0.05) is 42.2 Å². The lowest BCUT2D eigenvalue weighted by molar-refractivity contribution is -0.118. The third-order valence-corrected chi connectivity index (χ3v) is 7.63. The molecule has 1 atom stereocenters. The van der Waals surface area contributed by atoms with Gasteiger partial charge in [-0.15, -0.1) is 5.53 Å². The summed E-state index contributed by atoms with van der Waals surface area (Å²) in [6, 6.07) is 4.88. The minimum absolute atomic E-state index is 0.00679. The number of aliphatic hydroxyl groups is 1. The van der Waals surface area contributed by atoms with Gasteiger partial charge in [-0.1, -0.05) is 5.22 Å². The summed E-state index contributed by atoms with van der Waals surface area (Å²) in [4.78, 5) is 17.7. The van der Waals surface area contributed by atoms with Crippen molar-refractivity contribution in [3.63, 3.8) is 0 Å². The quantitative estimate of drug-likeness (QED) is 0.0816. The maximum absolute atomic E-state index is 15.0. The highest BCUT2D eigenvalue weighted by atomic mass is 19.1. The standard InChI is InChI=1S/C27H31FN10O4/c1-41-23-5-4-22(38(14-29)34-30)20(24(23)28)7-31-27(40)21-11-37(35-33-21)10-18-9-36-8-16(15-2-3-15)6-19(26(36)32-18)25(39)17-12-42-13-17/h4-6,8-9,11,14-15,17,25,29-30,33,35,39H,2-3,7,10,12-13H2,1H3,(H,31,40). The molecule has 220 valence electrons. The third kappa shape index (κ3) is 5.24. The molecule has 6 N–H and O–H groups in total. The van der Waals surface area contributed by atoms with Crippen molar-refractivity contribution in [2.75, 3.05) is 25.3 Å². The van der Waals surface area contributed by atoms with Crippen molar-refractivity contribution < 1.29 is 23.8 Å². The summed E-state index contributed by atoms with van der Waals surface area (Å²) in [6.07, 6.45) is 7.94. The molecule has 0 bridgehead atoms. The van der Waals surface area contributed by atoms with Crippen LogP contribution in [0.1, 0.15) is 47.2 Å². The highest BCUT2D eigenvalue weighted by Crippen LogP contribution is 2.42. The molecule has 1 amide bonds. The molecule has 2 aromatic heterocycles. The van der Waals surface area contributed by atoms with Crippen molar-refractivity contribution in [1.82, 2.24) is 30.7 Å². The number of carbonyl (C=O) groups is 1. The average Bonchev–Trinajstić information content (AvgIpc) is 3.57. The highest BCUT2D eigenvalue weighted by Gasteiger charge is 2.32. The zero-order valence-corrected chi connectivity index (χ0v) is 22.8. The molecule has 1 saturated heterocycles. The van der Waals surface area contributed by atoms with Crippen LogP contribution >= 0.6 is 0 Å². The molecule has 4 heterocycles. The topological polar surface area (TPSA) is 176 Å². The molecule has 0 spiro atoms. The number of hydrogen-bond donors (Lipinski definition) is 6. The summed E-state index contributed by atoms with van der Waals surface area (Å²) in [5.41, 5.74) is 16.7. The molecule has 1 unspecified atom stereocenters. The Kier molecular flexibility index (Phi) is 7.45. The number of aliphatic hydroxyl groups excluding tert-OH is 1. The summed E-state index contributed by atoms with van der Waals surface area (Å²) < 4.78 is 27.3. The predicted molar refractivity (Wildman–Crippen MR) is 148 cm³/mol. The van der Waals surface area contributed by atoms with Crippen molar-refractivity contribution in [3.8, 4) is 5.75 Å². The number of carbonyl (C=O) groups excluding carboxylic acids is 1. The number of anilines is 1. The molecule has 1 saturated carbocycles.